The Kier molecular flexibility index (Phi) is 40.7. The molecule has 3 amide bonds. The molecule has 8 nitrogen and oxygen atoms in total. The fourth-order valence-electron chi connectivity index (χ4n) is 6.71. The van der Waals surface area contributed by atoms with Crippen LogP contribution in [0.25, 0.3) is 0 Å². The molecule has 0 aromatic heterocycles. The zero-order valence-corrected chi connectivity index (χ0v) is 34.8. The van der Waals surface area contributed by atoms with E-state index in [1.54, 1.807) is 7.11 Å². The van der Waals surface area contributed by atoms with Gasteiger partial charge in [0.05, 0.1) is 19.8 Å². The number of carbonyl (C=O) groups excluding carboxylic acids is 3. The second-order valence-corrected chi connectivity index (χ2v) is 15.2. The summed E-state index contributed by atoms with van der Waals surface area (Å²) in [6.07, 6.45) is 39.4. The van der Waals surface area contributed by atoms with Gasteiger partial charge in [0.1, 0.15) is 6.04 Å². The third-order valence-corrected chi connectivity index (χ3v) is 10.1. The van der Waals surface area contributed by atoms with Crippen LogP contribution in [0.15, 0.2) is 0 Å². The van der Waals surface area contributed by atoms with E-state index in [2.05, 4.69) is 29.8 Å². The number of rotatable bonds is 42. The maximum Gasteiger partial charge on any atom is 0.244 e. The van der Waals surface area contributed by atoms with Crippen LogP contribution in [0.4, 0.5) is 0 Å². The normalized spacial score (nSPS) is 11.8. The van der Waals surface area contributed by atoms with Gasteiger partial charge in [-0.1, -0.05) is 194 Å². The van der Waals surface area contributed by atoms with Crippen LogP contribution in [0.2, 0.25) is 0 Å². The van der Waals surface area contributed by atoms with E-state index in [4.69, 9.17) is 9.47 Å². The largest absolute Gasteiger partial charge is 0.382 e. The predicted molar refractivity (Wildman–Crippen MR) is 220 cm³/mol. The summed E-state index contributed by atoms with van der Waals surface area (Å²) in [5.74, 6) is -0.498. The summed E-state index contributed by atoms with van der Waals surface area (Å²) in [6.45, 7) is 6.29. The second-order valence-electron chi connectivity index (χ2n) is 15.2. The molecule has 0 radical (unpaired) electrons. The van der Waals surface area contributed by atoms with Crippen molar-refractivity contribution < 1.29 is 23.9 Å². The minimum atomic E-state index is -0.798. The van der Waals surface area contributed by atoms with Gasteiger partial charge in [-0.25, -0.2) is 0 Å². The molecule has 8 heteroatoms. The molecule has 0 aliphatic rings. The lowest BCUT2D eigenvalue weighted by Crippen LogP contribution is -2.53. The molecule has 0 bridgehead atoms. The summed E-state index contributed by atoms with van der Waals surface area (Å²) in [7, 11) is 1.62. The van der Waals surface area contributed by atoms with Crippen LogP contribution in [0, 0.1) is 0 Å². The van der Waals surface area contributed by atoms with E-state index >= 15 is 0 Å². The number of ether oxygens (including phenoxy) is 2. The quantitative estimate of drug-likeness (QED) is 0.0541. The van der Waals surface area contributed by atoms with Gasteiger partial charge >= 0.3 is 0 Å². The van der Waals surface area contributed by atoms with E-state index in [1.165, 1.54) is 154 Å². The lowest BCUT2D eigenvalue weighted by atomic mass is 10.0. The highest BCUT2D eigenvalue weighted by Gasteiger charge is 2.21. The number of carbonyl (C=O) groups is 3. The Hall–Kier alpha value is -1.67. The first-order chi connectivity index (χ1) is 25.5. The zero-order chi connectivity index (χ0) is 38.0. The van der Waals surface area contributed by atoms with Crippen LogP contribution < -0.4 is 16.0 Å². The molecule has 52 heavy (non-hydrogen) atoms. The number of nitrogens with one attached hydrogen (secondary N) is 3. The van der Waals surface area contributed by atoms with E-state index < -0.39 is 6.04 Å². The summed E-state index contributed by atoms with van der Waals surface area (Å²) in [4.78, 5) is 38.3. The summed E-state index contributed by atoms with van der Waals surface area (Å²) in [5, 5.41) is 8.61. The first-order valence-electron chi connectivity index (χ1n) is 22.5. The SMILES string of the molecule is CCCCCCCCCCCCCCCCCC(=O)NCC(NC(=O)CCCCCCCCCCCCCCCCC)C(=O)NCCOCCOC. The molecule has 0 rings (SSSR count). The molecule has 0 heterocycles. The smallest absolute Gasteiger partial charge is 0.244 e. The van der Waals surface area contributed by atoms with Gasteiger partial charge in [0.15, 0.2) is 0 Å². The fourth-order valence-corrected chi connectivity index (χ4v) is 6.71. The van der Waals surface area contributed by atoms with Crippen molar-refractivity contribution in [3.63, 3.8) is 0 Å². The lowest BCUT2D eigenvalue weighted by molar-refractivity contribution is -0.129. The Morgan fingerprint density at radius 2 is 0.808 bits per heavy atom. The standard InChI is InChI=1S/C44H87N3O5/c1-4-6-8-10-12-14-16-18-20-22-24-26-28-30-32-34-42(48)46-40-41(44(50)45-36-37-52-39-38-51-3)47-43(49)35-33-31-29-27-25-23-21-19-17-15-13-11-9-7-5-2/h41H,4-40H2,1-3H3,(H,45,50)(H,46,48)(H,47,49). The Labute approximate surface area is 322 Å². The second kappa shape index (κ2) is 42.1. The van der Waals surface area contributed by atoms with Crippen LogP contribution in [0.3, 0.4) is 0 Å². The minimum Gasteiger partial charge on any atom is -0.382 e. The number of hydrogen-bond donors (Lipinski definition) is 3. The molecular weight excluding hydrogens is 651 g/mol. The monoisotopic (exact) mass is 738 g/mol. The average Bonchev–Trinajstić information content (AvgIpc) is 3.14. The Balaban J connectivity index is 4.13. The maximum absolute atomic E-state index is 12.9. The van der Waals surface area contributed by atoms with Crippen molar-refractivity contribution in [1.29, 1.82) is 0 Å². The molecule has 0 aliphatic carbocycles. The van der Waals surface area contributed by atoms with Crippen LogP contribution in [0.5, 0.6) is 0 Å². The van der Waals surface area contributed by atoms with Crippen molar-refractivity contribution in [2.45, 2.75) is 225 Å². The molecule has 0 saturated heterocycles. The van der Waals surface area contributed by atoms with Gasteiger partial charge in [0, 0.05) is 33.0 Å². The summed E-state index contributed by atoms with van der Waals surface area (Å²) < 4.78 is 10.4. The topological polar surface area (TPSA) is 106 Å². The molecule has 0 aromatic carbocycles. The summed E-state index contributed by atoms with van der Waals surface area (Å²) in [6, 6.07) is -0.798. The van der Waals surface area contributed by atoms with Crippen LogP contribution in [0.1, 0.15) is 219 Å². The fraction of sp³-hybridized carbons (Fsp3) is 0.932. The zero-order valence-electron chi connectivity index (χ0n) is 34.8. The van der Waals surface area contributed by atoms with E-state index in [-0.39, 0.29) is 24.3 Å². The van der Waals surface area contributed by atoms with Gasteiger partial charge in [-0.05, 0) is 12.8 Å². The molecule has 0 aromatic rings. The van der Waals surface area contributed by atoms with Crippen molar-refractivity contribution in [1.82, 2.24) is 16.0 Å². The number of amides is 3. The van der Waals surface area contributed by atoms with Crippen molar-refractivity contribution in [2.24, 2.45) is 0 Å². The third kappa shape index (κ3) is 38.1. The number of unbranched alkanes of at least 4 members (excludes halogenated alkanes) is 28. The van der Waals surface area contributed by atoms with E-state index in [1.807, 2.05) is 0 Å². The molecule has 0 saturated carbocycles. The van der Waals surface area contributed by atoms with Gasteiger partial charge in [-0.3, -0.25) is 14.4 Å². The van der Waals surface area contributed by atoms with Gasteiger partial charge < -0.3 is 25.4 Å². The highest BCUT2D eigenvalue weighted by Crippen LogP contribution is 2.15. The number of methoxy groups -OCH3 is 1. The summed E-state index contributed by atoms with van der Waals surface area (Å²) in [5.41, 5.74) is 0. The molecule has 0 aliphatic heterocycles. The highest BCUT2D eigenvalue weighted by atomic mass is 16.5. The van der Waals surface area contributed by atoms with Gasteiger partial charge in [0.25, 0.3) is 0 Å². The van der Waals surface area contributed by atoms with Crippen molar-refractivity contribution in [2.75, 3.05) is 40.0 Å². The van der Waals surface area contributed by atoms with Gasteiger partial charge in [0.2, 0.25) is 17.7 Å². The molecule has 3 N–H and O–H groups in total. The summed E-state index contributed by atoms with van der Waals surface area (Å²) >= 11 is 0. The van der Waals surface area contributed by atoms with E-state index in [0.29, 0.717) is 39.2 Å². The minimum absolute atomic E-state index is 0.0629. The van der Waals surface area contributed by atoms with Crippen LogP contribution in [-0.4, -0.2) is 63.8 Å². The third-order valence-electron chi connectivity index (χ3n) is 10.1. The number of hydrogen-bond acceptors (Lipinski definition) is 5. The van der Waals surface area contributed by atoms with Crippen LogP contribution >= 0.6 is 0 Å². The average molecular weight is 738 g/mol. The Morgan fingerprint density at radius 1 is 0.442 bits per heavy atom. The van der Waals surface area contributed by atoms with Crippen molar-refractivity contribution in [3.05, 3.63) is 0 Å². The molecule has 0 fully saturated rings. The molecule has 1 atom stereocenters. The Bertz CT molecular complexity index is 781. The Morgan fingerprint density at radius 3 is 1.19 bits per heavy atom. The molecule has 0 spiro atoms. The van der Waals surface area contributed by atoms with Gasteiger partial charge in [-0.15, -0.1) is 0 Å². The molecular formula is C44H87N3O5. The predicted octanol–water partition coefficient (Wildman–Crippen LogP) is 10.9. The van der Waals surface area contributed by atoms with Gasteiger partial charge in [-0.2, -0.15) is 0 Å². The molecule has 308 valence electrons. The lowest BCUT2D eigenvalue weighted by Gasteiger charge is -2.19. The highest BCUT2D eigenvalue weighted by molar-refractivity contribution is 5.88. The van der Waals surface area contributed by atoms with E-state index in [9.17, 15) is 14.4 Å². The maximum atomic E-state index is 12.9. The van der Waals surface area contributed by atoms with Crippen molar-refractivity contribution >= 4 is 17.7 Å². The first-order valence-corrected chi connectivity index (χ1v) is 22.5. The van der Waals surface area contributed by atoms with Crippen molar-refractivity contribution in [3.8, 4) is 0 Å². The van der Waals surface area contributed by atoms with Crippen LogP contribution in [-0.2, 0) is 23.9 Å². The first kappa shape index (κ1) is 50.3. The molecule has 1 unspecified atom stereocenters. The van der Waals surface area contributed by atoms with E-state index in [0.717, 1.165) is 38.5 Å².